The molecule has 1 rings (SSSR count). The molecule has 0 fully saturated rings. The van der Waals surface area contributed by atoms with Crippen molar-refractivity contribution in [1.29, 1.82) is 0 Å². The van der Waals surface area contributed by atoms with Gasteiger partial charge in [-0.3, -0.25) is 4.79 Å². The molecule has 2 unspecified atom stereocenters. The molecule has 6 heteroatoms. The predicted molar refractivity (Wildman–Crippen MR) is 62.8 cm³/mol. The molecular weight excluding hydrogens is 222 g/mol. The molecule has 0 aliphatic heterocycles. The number of aliphatic hydroxyl groups excluding tert-OH is 1. The first-order chi connectivity index (χ1) is 8.06. The zero-order chi connectivity index (χ0) is 12.8. The van der Waals surface area contributed by atoms with Crippen LogP contribution >= 0.6 is 0 Å². The number of nitrogens with two attached hydrogens (primary N) is 1. The molecule has 6 nitrogen and oxygen atoms in total. The summed E-state index contributed by atoms with van der Waals surface area (Å²) in [4.78, 5) is 15.7. The second-order valence-corrected chi connectivity index (χ2v) is 3.67. The molecule has 1 aromatic heterocycles. The lowest BCUT2D eigenvalue weighted by Crippen LogP contribution is -2.43. The molecule has 1 aromatic rings. The van der Waals surface area contributed by atoms with Crippen LogP contribution in [0.4, 0.5) is 0 Å². The van der Waals surface area contributed by atoms with Crippen molar-refractivity contribution in [2.45, 2.75) is 19.1 Å². The van der Waals surface area contributed by atoms with Crippen molar-refractivity contribution >= 4 is 5.91 Å². The maximum atomic E-state index is 11.8. The number of carbonyl (C=O) groups is 1. The Labute approximate surface area is 99.8 Å². The molecule has 0 aromatic carbocycles. The van der Waals surface area contributed by atoms with Crippen LogP contribution in [0.25, 0.3) is 0 Å². The van der Waals surface area contributed by atoms with Crippen LogP contribution in [0.15, 0.2) is 18.3 Å². The first-order valence-electron chi connectivity index (χ1n) is 5.27. The number of methoxy groups -OCH3 is 1. The average Bonchev–Trinajstić information content (AvgIpc) is 2.35. The van der Waals surface area contributed by atoms with E-state index in [1.54, 1.807) is 19.1 Å². The zero-order valence-corrected chi connectivity index (χ0v) is 9.88. The normalized spacial score (nSPS) is 13.9. The molecule has 2 atom stereocenters. The van der Waals surface area contributed by atoms with Crippen molar-refractivity contribution in [3.63, 3.8) is 0 Å². The van der Waals surface area contributed by atoms with E-state index in [9.17, 15) is 9.90 Å². The van der Waals surface area contributed by atoms with E-state index in [0.717, 1.165) is 0 Å². The minimum atomic E-state index is -0.675. The molecule has 1 heterocycles. The molecule has 94 valence electrons. The molecule has 4 N–H and O–H groups in total. The van der Waals surface area contributed by atoms with E-state index >= 15 is 0 Å². The Bertz CT molecular complexity index is 382. The van der Waals surface area contributed by atoms with Crippen LogP contribution < -0.4 is 15.8 Å². The first-order valence-corrected chi connectivity index (χ1v) is 5.27. The lowest BCUT2D eigenvalue weighted by molar-refractivity contribution is 0.0934. The Hall–Kier alpha value is -1.66. The Balaban J connectivity index is 2.64. The number of amides is 1. The number of pyridine rings is 1. The summed E-state index contributed by atoms with van der Waals surface area (Å²) in [5.74, 6) is -0.0679. The highest BCUT2D eigenvalue weighted by atomic mass is 16.5. The number of aromatic nitrogens is 1. The number of hydrogen-bond acceptors (Lipinski definition) is 5. The maximum Gasteiger partial charge on any atom is 0.256 e. The molecule has 0 saturated carbocycles. The summed E-state index contributed by atoms with van der Waals surface area (Å²) >= 11 is 0. The maximum absolute atomic E-state index is 11.8. The van der Waals surface area contributed by atoms with E-state index in [4.69, 9.17) is 10.5 Å². The van der Waals surface area contributed by atoms with Gasteiger partial charge in [0.1, 0.15) is 5.56 Å². The second kappa shape index (κ2) is 6.17. The average molecular weight is 239 g/mol. The molecule has 17 heavy (non-hydrogen) atoms. The number of nitrogens with one attached hydrogen (secondary N) is 1. The van der Waals surface area contributed by atoms with E-state index in [-0.39, 0.29) is 18.3 Å². The quantitative estimate of drug-likeness (QED) is 0.645. The molecule has 0 saturated heterocycles. The molecule has 1 amide bonds. The number of aliphatic hydroxyl groups is 1. The topological polar surface area (TPSA) is 97.5 Å². The number of rotatable bonds is 5. The molecule has 0 bridgehead atoms. The first kappa shape index (κ1) is 13.4. The fraction of sp³-hybridized carbons (Fsp3) is 0.455. The number of ether oxygens (including phenoxy) is 1. The lowest BCUT2D eigenvalue weighted by atomic mass is 10.2. The smallest absolute Gasteiger partial charge is 0.256 e. The second-order valence-electron chi connectivity index (χ2n) is 3.67. The van der Waals surface area contributed by atoms with Crippen LogP contribution in [0.5, 0.6) is 5.88 Å². The van der Waals surface area contributed by atoms with Crippen LogP contribution in [0.2, 0.25) is 0 Å². The summed E-state index contributed by atoms with van der Waals surface area (Å²) < 4.78 is 4.97. The van der Waals surface area contributed by atoms with Gasteiger partial charge in [0.15, 0.2) is 0 Å². The summed E-state index contributed by atoms with van der Waals surface area (Å²) in [6.07, 6.45) is 0.864. The third kappa shape index (κ3) is 3.69. The van der Waals surface area contributed by atoms with Crippen molar-refractivity contribution in [2.24, 2.45) is 5.73 Å². The SMILES string of the molecule is COc1ncccc1C(=O)NCC(N)C(C)O. The van der Waals surface area contributed by atoms with Crippen LogP contribution in [0.3, 0.4) is 0 Å². The van der Waals surface area contributed by atoms with Crippen LogP contribution in [0.1, 0.15) is 17.3 Å². The van der Waals surface area contributed by atoms with Crippen molar-refractivity contribution in [3.8, 4) is 5.88 Å². The fourth-order valence-corrected chi connectivity index (χ4v) is 1.20. The Morgan fingerprint density at radius 1 is 1.71 bits per heavy atom. The van der Waals surface area contributed by atoms with Gasteiger partial charge in [-0.25, -0.2) is 4.98 Å². The van der Waals surface area contributed by atoms with Crippen molar-refractivity contribution < 1.29 is 14.6 Å². The van der Waals surface area contributed by atoms with Gasteiger partial charge in [0.05, 0.1) is 13.2 Å². The number of carbonyl (C=O) groups excluding carboxylic acids is 1. The van der Waals surface area contributed by atoms with Gasteiger partial charge in [0.2, 0.25) is 5.88 Å². The molecule has 0 radical (unpaired) electrons. The lowest BCUT2D eigenvalue weighted by Gasteiger charge is -2.15. The zero-order valence-electron chi connectivity index (χ0n) is 9.88. The number of nitrogens with zero attached hydrogens (tertiary/aromatic N) is 1. The van der Waals surface area contributed by atoms with Gasteiger partial charge in [-0.05, 0) is 19.1 Å². The molecule has 0 aliphatic carbocycles. The van der Waals surface area contributed by atoms with Gasteiger partial charge in [-0.15, -0.1) is 0 Å². The van der Waals surface area contributed by atoms with Gasteiger partial charge in [-0.2, -0.15) is 0 Å². The molecular formula is C11H17N3O3. The molecule has 0 spiro atoms. The van der Waals surface area contributed by atoms with Gasteiger partial charge in [-0.1, -0.05) is 0 Å². The van der Waals surface area contributed by atoms with E-state index in [1.807, 2.05) is 0 Å². The van der Waals surface area contributed by atoms with Gasteiger partial charge in [0, 0.05) is 18.8 Å². The van der Waals surface area contributed by atoms with Gasteiger partial charge < -0.3 is 20.9 Å². The van der Waals surface area contributed by atoms with Crippen molar-refractivity contribution in [1.82, 2.24) is 10.3 Å². The Kier molecular flexibility index (Phi) is 4.86. The molecule has 0 aliphatic rings. The van der Waals surface area contributed by atoms with E-state index in [1.165, 1.54) is 13.3 Å². The highest BCUT2D eigenvalue weighted by molar-refractivity contribution is 5.96. The predicted octanol–water partition coefficient (Wildman–Crippen LogP) is -0.472. The van der Waals surface area contributed by atoms with E-state index in [2.05, 4.69) is 10.3 Å². The van der Waals surface area contributed by atoms with Crippen molar-refractivity contribution in [3.05, 3.63) is 23.9 Å². The third-order valence-corrected chi connectivity index (χ3v) is 2.33. The summed E-state index contributed by atoms with van der Waals surface area (Å²) in [5.41, 5.74) is 5.94. The van der Waals surface area contributed by atoms with E-state index in [0.29, 0.717) is 5.56 Å². The number of hydrogen-bond donors (Lipinski definition) is 3. The fourth-order valence-electron chi connectivity index (χ4n) is 1.20. The summed E-state index contributed by atoms with van der Waals surface area (Å²) in [6.45, 7) is 1.76. The third-order valence-electron chi connectivity index (χ3n) is 2.33. The minimum Gasteiger partial charge on any atom is -0.480 e. The summed E-state index contributed by atoms with van der Waals surface area (Å²) in [7, 11) is 1.45. The Morgan fingerprint density at radius 3 is 3.00 bits per heavy atom. The summed E-state index contributed by atoms with van der Waals surface area (Å²) in [6, 6.07) is 2.75. The Morgan fingerprint density at radius 2 is 2.41 bits per heavy atom. The van der Waals surface area contributed by atoms with Crippen LogP contribution in [0, 0.1) is 0 Å². The van der Waals surface area contributed by atoms with Gasteiger partial charge in [0.25, 0.3) is 5.91 Å². The van der Waals surface area contributed by atoms with E-state index < -0.39 is 12.1 Å². The monoisotopic (exact) mass is 239 g/mol. The highest BCUT2D eigenvalue weighted by Crippen LogP contribution is 2.12. The van der Waals surface area contributed by atoms with Gasteiger partial charge >= 0.3 is 0 Å². The standard InChI is InChI=1S/C11H17N3O3/c1-7(15)9(12)6-14-10(16)8-4-3-5-13-11(8)17-2/h3-5,7,9,15H,6,12H2,1-2H3,(H,14,16). The largest absolute Gasteiger partial charge is 0.480 e. The van der Waals surface area contributed by atoms with Crippen molar-refractivity contribution in [2.75, 3.05) is 13.7 Å². The van der Waals surface area contributed by atoms with Crippen LogP contribution in [-0.4, -0.2) is 41.8 Å². The highest BCUT2D eigenvalue weighted by Gasteiger charge is 2.15. The van der Waals surface area contributed by atoms with Crippen LogP contribution in [-0.2, 0) is 0 Å². The minimum absolute atomic E-state index is 0.189. The summed E-state index contributed by atoms with van der Waals surface area (Å²) in [5, 5.41) is 11.8.